The van der Waals surface area contributed by atoms with Crippen molar-refractivity contribution < 1.29 is 9.59 Å². The number of benzene rings is 5. The molecule has 0 saturated carbocycles. The van der Waals surface area contributed by atoms with Crippen molar-refractivity contribution in [1.29, 1.82) is 10.5 Å². The fraction of sp³-hybridized carbons (Fsp3) is 0.0769. The molecular formula is C39H28N4O2. The highest BCUT2D eigenvalue weighted by Gasteiger charge is 2.36. The van der Waals surface area contributed by atoms with Crippen LogP contribution < -0.4 is 0 Å². The van der Waals surface area contributed by atoms with Crippen molar-refractivity contribution in [2.24, 2.45) is 0 Å². The molecule has 0 bridgehead atoms. The second-order valence-corrected chi connectivity index (χ2v) is 11.0. The second kappa shape index (κ2) is 11.1. The van der Waals surface area contributed by atoms with E-state index in [9.17, 15) is 20.1 Å². The molecule has 6 aromatic rings. The van der Waals surface area contributed by atoms with Gasteiger partial charge in [-0.2, -0.15) is 10.5 Å². The van der Waals surface area contributed by atoms with E-state index in [0.717, 1.165) is 55.2 Å². The largest absolute Gasteiger partial charge is 0.308 e. The Bertz CT molecular complexity index is 2190. The molecule has 5 aromatic carbocycles. The Morgan fingerprint density at radius 1 is 0.622 bits per heavy atom. The van der Waals surface area contributed by atoms with E-state index in [0.29, 0.717) is 27.9 Å². The van der Waals surface area contributed by atoms with E-state index >= 15 is 0 Å². The van der Waals surface area contributed by atoms with E-state index in [2.05, 4.69) is 66.3 Å². The Balaban J connectivity index is 0.00000175. The minimum Gasteiger partial charge on any atom is -0.308 e. The molecule has 0 fully saturated rings. The maximum absolute atomic E-state index is 13.4. The summed E-state index contributed by atoms with van der Waals surface area (Å²) in [6, 6.07) is 33.7. The second-order valence-electron chi connectivity index (χ2n) is 11.0. The van der Waals surface area contributed by atoms with Crippen LogP contribution in [0.4, 0.5) is 0 Å². The van der Waals surface area contributed by atoms with E-state index < -0.39 is 0 Å². The van der Waals surface area contributed by atoms with Gasteiger partial charge in [-0.1, -0.05) is 42.5 Å². The minimum atomic E-state index is -0.330. The molecule has 216 valence electrons. The third-order valence-corrected chi connectivity index (χ3v) is 8.44. The lowest BCUT2D eigenvalue weighted by Crippen LogP contribution is -2.24. The smallest absolute Gasteiger partial charge is 0.263 e. The first-order valence-corrected chi connectivity index (χ1v) is 14.4. The SMILES string of the molecule is C=C.Cc1cc(C#N)ccc1-c1ccc2c3ccc(-c4ccc(C#N)cc4C)cc3n(-c3cccc4c3C(=O)N(C)C4=O)c2c1. The van der Waals surface area contributed by atoms with Crippen molar-refractivity contribution in [2.45, 2.75) is 13.8 Å². The van der Waals surface area contributed by atoms with E-state index in [1.807, 2.05) is 62.4 Å². The first-order valence-electron chi connectivity index (χ1n) is 14.4. The van der Waals surface area contributed by atoms with Gasteiger partial charge in [0, 0.05) is 17.8 Å². The van der Waals surface area contributed by atoms with Crippen LogP contribution in [0.2, 0.25) is 0 Å². The van der Waals surface area contributed by atoms with Crippen LogP contribution in [-0.2, 0) is 0 Å². The number of imide groups is 1. The van der Waals surface area contributed by atoms with Gasteiger partial charge in [-0.05, 0) is 95.8 Å². The number of carbonyl (C=O) groups excluding carboxylic acids is 2. The fourth-order valence-electron chi connectivity index (χ4n) is 6.30. The predicted molar refractivity (Wildman–Crippen MR) is 178 cm³/mol. The van der Waals surface area contributed by atoms with Crippen molar-refractivity contribution in [3.8, 4) is 40.1 Å². The predicted octanol–water partition coefficient (Wildman–Crippen LogP) is 8.51. The first-order chi connectivity index (χ1) is 21.8. The van der Waals surface area contributed by atoms with E-state index in [4.69, 9.17) is 0 Å². The van der Waals surface area contributed by atoms with Gasteiger partial charge < -0.3 is 4.57 Å². The van der Waals surface area contributed by atoms with Crippen LogP contribution in [0.15, 0.2) is 104 Å². The fourth-order valence-corrected chi connectivity index (χ4v) is 6.30. The molecular weight excluding hydrogens is 556 g/mol. The number of hydrogen-bond acceptors (Lipinski definition) is 4. The molecule has 0 saturated heterocycles. The molecule has 2 heterocycles. The summed E-state index contributed by atoms with van der Waals surface area (Å²) < 4.78 is 2.08. The number of amides is 2. The van der Waals surface area contributed by atoms with Gasteiger partial charge in [0.15, 0.2) is 0 Å². The van der Waals surface area contributed by atoms with Gasteiger partial charge >= 0.3 is 0 Å². The number of carbonyl (C=O) groups is 2. The lowest BCUT2D eigenvalue weighted by molar-refractivity contribution is 0.0693. The summed E-state index contributed by atoms with van der Waals surface area (Å²) in [5.41, 5.74) is 10.4. The number of hydrogen-bond donors (Lipinski definition) is 0. The number of nitriles is 2. The topological polar surface area (TPSA) is 89.9 Å². The molecule has 45 heavy (non-hydrogen) atoms. The van der Waals surface area contributed by atoms with Crippen LogP contribution in [0, 0.1) is 36.5 Å². The average Bonchev–Trinajstić information content (AvgIpc) is 3.51. The molecule has 0 aliphatic carbocycles. The van der Waals surface area contributed by atoms with Crippen molar-refractivity contribution in [2.75, 3.05) is 7.05 Å². The van der Waals surface area contributed by atoms with Crippen LogP contribution in [-0.4, -0.2) is 28.3 Å². The molecule has 6 heteroatoms. The maximum Gasteiger partial charge on any atom is 0.263 e. The van der Waals surface area contributed by atoms with Crippen LogP contribution >= 0.6 is 0 Å². The lowest BCUT2D eigenvalue weighted by Gasteiger charge is -2.14. The molecule has 6 nitrogen and oxygen atoms in total. The summed E-state index contributed by atoms with van der Waals surface area (Å²) >= 11 is 0. The highest BCUT2D eigenvalue weighted by molar-refractivity contribution is 6.23. The van der Waals surface area contributed by atoms with Gasteiger partial charge in [0.05, 0.1) is 51.1 Å². The Labute approximate surface area is 261 Å². The van der Waals surface area contributed by atoms with Gasteiger partial charge in [-0.3, -0.25) is 14.5 Å². The van der Waals surface area contributed by atoms with Crippen LogP contribution in [0.1, 0.15) is 43.0 Å². The van der Waals surface area contributed by atoms with Crippen molar-refractivity contribution >= 4 is 33.6 Å². The number of rotatable bonds is 3. The Morgan fingerprint density at radius 2 is 1.13 bits per heavy atom. The van der Waals surface area contributed by atoms with Crippen LogP contribution in [0.25, 0.3) is 49.7 Å². The van der Waals surface area contributed by atoms with Crippen molar-refractivity contribution in [1.82, 2.24) is 9.47 Å². The normalized spacial score (nSPS) is 12.1. The summed E-state index contributed by atoms with van der Waals surface area (Å²) in [6.45, 7) is 9.98. The van der Waals surface area contributed by atoms with Gasteiger partial charge in [-0.15, -0.1) is 13.2 Å². The number of fused-ring (bicyclic) bond motifs is 4. The van der Waals surface area contributed by atoms with Crippen LogP contribution in [0.3, 0.4) is 0 Å². The molecule has 2 amide bonds. The average molecular weight is 585 g/mol. The molecule has 0 atom stereocenters. The molecule has 1 aromatic heterocycles. The molecule has 0 N–H and O–H groups in total. The quantitative estimate of drug-likeness (QED) is 0.154. The monoisotopic (exact) mass is 584 g/mol. The highest BCUT2D eigenvalue weighted by atomic mass is 16.2. The summed E-state index contributed by atoms with van der Waals surface area (Å²) in [4.78, 5) is 27.6. The third kappa shape index (κ3) is 4.49. The van der Waals surface area contributed by atoms with Gasteiger partial charge in [-0.25, -0.2) is 0 Å². The first kappa shape index (κ1) is 28.9. The van der Waals surface area contributed by atoms with Crippen molar-refractivity contribution in [3.05, 3.63) is 138 Å². The standard InChI is InChI=1S/C37H24N4O2.C2H4/c1-21-15-23(19-38)7-11-27(21)25-9-13-29-30-14-10-26(28-12-8-24(20-39)16-22(28)2)18-34(30)41(33(29)17-25)32-6-4-5-31-35(32)37(43)40(3)36(31)42;1-2/h4-18H,1-3H3;1-2H2. The van der Waals surface area contributed by atoms with Crippen LogP contribution in [0.5, 0.6) is 0 Å². The Kier molecular flexibility index (Phi) is 7.13. The minimum absolute atomic E-state index is 0.314. The molecule has 1 aliphatic rings. The van der Waals surface area contributed by atoms with E-state index in [-0.39, 0.29) is 11.8 Å². The number of aromatic nitrogens is 1. The molecule has 0 radical (unpaired) electrons. The zero-order chi connectivity index (χ0) is 32.0. The summed E-state index contributed by atoms with van der Waals surface area (Å²) in [5, 5.41) is 20.8. The van der Waals surface area contributed by atoms with Gasteiger partial charge in [0.2, 0.25) is 0 Å². The zero-order valence-electron chi connectivity index (χ0n) is 25.2. The van der Waals surface area contributed by atoms with E-state index in [1.165, 1.54) is 11.9 Å². The number of aryl methyl sites for hydroxylation is 2. The molecule has 7 rings (SSSR count). The zero-order valence-corrected chi connectivity index (χ0v) is 25.2. The summed E-state index contributed by atoms with van der Waals surface area (Å²) in [5.74, 6) is -0.644. The molecule has 0 spiro atoms. The Morgan fingerprint density at radius 3 is 1.60 bits per heavy atom. The van der Waals surface area contributed by atoms with Gasteiger partial charge in [0.25, 0.3) is 11.8 Å². The lowest BCUT2D eigenvalue weighted by atomic mass is 9.96. The molecule has 0 unspecified atom stereocenters. The van der Waals surface area contributed by atoms with Gasteiger partial charge in [0.1, 0.15) is 0 Å². The van der Waals surface area contributed by atoms with Crippen molar-refractivity contribution in [3.63, 3.8) is 0 Å². The maximum atomic E-state index is 13.4. The third-order valence-electron chi connectivity index (χ3n) is 8.44. The van der Waals surface area contributed by atoms with E-state index in [1.54, 1.807) is 6.07 Å². The Hall–Kier alpha value is -6.24. The highest BCUT2D eigenvalue weighted by Crippen LogP contribution is 2.40. The number of nitrogens with zero attached hydrogens (tertiary/aromatic N) is 4. The molecule has 1 aliphatic heterocycles. The summed E-state index contributed by atoms with van der Waals surface area (Å²) in [6.07, 6.45) is 0. The summed E-state index contributed by atoms with van der Waals surface area (Å²) in [7, 11) is 1.51.